The Balaban J connectivity index is 1.76. The SMILES string of the molecule is Cn1c2ccccc2c2ncn(CCc3ccc(F)cc3)c(=O)c21. The van der Waals surface area contributed by atoms with Crippen LogP contribution in [0, 0.1) is 5.82 Å². The van der Waals surface area contributed by atoms with E-state index in [0.29, 0.717) is 18.5 Å². The van der Waals surface area contributed by atoms with Crippen LogP contribution in [0.25, 0.3) is 21.9 Å². The maximum Gasteiger partial charge on any atom is 0.277 e. The number of benzene rings is 2. The van der Waals surface area contributed by atoms with Crippen LogP contribution in [0.1, 0.15) is 5.56 Å². The van der Waals surface area contributed by atoms with Gasteiger partial charge in [-0.05, 0) is 30.2 Å². The number of rotatable bonds is 3. The lowest BCUT2D eigenvalue weighted by atomic mass is 10.1. The molecule has 5 heteroatoms. The summed E-state index contributed by atoms with van der Waals surface area (Å²) in [6.45, 7) is 0.509. The largest absolute Gasteiger partial charge is 0.338 e. The molecule has 0 spiro atoms. The van der Waals surface area contributed by atoms with Crippen LogP contribution in [0.2, 0.25) is 0 Å². The van der Waals surface area contributed by atoms with E-state index in [9.17, 15) is 9.18 Å². The molecule has 0 atom stereocenters. The molecule has 0 fully saturated rings. The molecule has 0 aliphatic heterocycles. The quantitative estimate of drug-likeness (QED) is 0.581. The first-order chi connectivity index (χ1) is 11.6. The summed E-state index contributed by atoms with van der Waals surface area (Å²) in [5.74, 6) is -0.255. The molecule has 0 amide bonds. The second-order valence-corrected chi connectivity index (χ2v) is 5.89. The molecule has 4 nitrogen and oxygen atoms in total. The summed E-state index contributed by atoms with van der Waals surface area (Å²) >= 11 is 0. The van der Waals surface area contributed by atoms with Crippen molar-refractivity contribution in [1.82, 2.24) is 14.1 Å². The summed E-state index contributed by atoms with van der Waals surface area (Å²) in [4.78, 5) is 17.3. The molecule has 2 heterocycles. The van der Waals surface area contributed by atoms with Gasteiger partial charge in [0.05, 0.1) is 11.8 Å². The van der Waals surface area contributed by atoms with Crippen molar-refractivity contribution in [3.63, 3.8) is 0 Å². The lowest BCUT2D eigenvalue weighted by molar-refractivity contribution is 0.624. The van der Waals surface area contributed by atoms with E-state index in [0.717, 1.165) is 22.0 Å². The molecule has 0 N–H and O–H groups in total. The average Bonchev–Trinajstić information content (AvgIpc) is 2.90. The number of hydrogen-bond acceptors (Lipinski definition) is 2. The van der Waals surface area contributed by atoms with Crippen LogP contribution in [0.15, 0.2) is 59.7 Å². The Morgan fingerprint density at radius 2 is 1.83 bits per heavy atom. The standard InChI is InChI=1S/C19H16FN3O/c1-22-16-5-3-2-4-15(16)17-18(22)19(24)23(12-21-17)11-10-13-6-8-14(20)9-7-13/h2-9,12H,10-11H2,1H3. The highest BCUT2D eigenvalue weighted by Crippen LogP contribution is 2.23. The van der Waals surface area contributed by atoms with Gasteiger partial charge in [-0.15, -0.1) is 0 Å². The van der Waals surface area contributed by atoms with Crippen molar-refractivity contribution in [3.05, 3.63) is 76.6 Å². The summed E-state index contributed by atoms with van der Waals surface area (Å²) in [5.41, 5.74) is 3.27. The van der Waals surface area contributed by atoms with Crippen molar-refractivity contribution in [2.75, 3.05) is 0 Å². The Morgan fingerprint density at radius 3 is 2.62 bits per heavy atom. The van der Waals surface area contributed by atoms with Gasteiger partial charge in [-0.2, -0.15) is 0 Å². The van der Waals surface area contributed by atoms with Gasteiger partial charge in [-0.25, -0.2) is 9.37 Å². The highest BCUT2D eigenvalue weighted by Gasteiger charge is 2.13. The van der Waals surface area contributed by atoms with Crippen molar-refractivity contribution < 1.29 is 4.39 Å². The number of hydrogen-bond donors (Lipinski definition) is 0. The van der Waals surface area contributed by atoms with Gasteiger partial charge >= 0.3 is 0 Å². The minimum absolute atomic E-state index is 0.0548. The van der Waals surface area contributed by atoms with E-state index in [2.05, 4.69) is 4.98 Å². The second kappa shape index (κ2) is 5.60. The molecule has 0 radical (unpaired) electrons. The maximum absolute atomic E-state index is 13.0. The monoisotopic (exact) mass is 321 g/mol. The van der Waals surface area contributed by atoms with Crippen molar-refractivity contribution >= 4 is 21.9 Å². The van der Waals surface area contributed by atoms with E-state index in [-0.39, 0.29) is 11.4 Å². The molecule has 0 saturated heterocycles. The maximum atomic E-state index is 13.0. The van der Waals surface area contributed by atoms with Crippen LogP contribution < -0.4 is 5.56 Å². The van der Waals surface area contributed by atoms with Gasteiger partial charge in [-0.1, -0.05) is 30.3 Å². The number of fused-ring (bicyclic) bond motifs is 3. The van der Waals surface area contributed by atoms with Gasteiger partial charge < -0.3 is 4.57 Å². The van der Waals surface area contributed by atoms with E-state index in [1.165, 1.54) is 12.1 Å². The molecular weight excluding hydrogens is 305 g/mol. The zero-order chi connectivity index (χ0) is 16.7. The second-order valence-electron chi connectivity index (χ2n) is 5.89. The Bertz CT molecular complexity index is 1090. The smallest absolute Gasteiger partial charge is 0.277 e. The molecule has 0 saturated carbocycles. The Kier molecular flexibility index (Phi) is 3.41. The molecule has 4 aromatic rings. The van der Waals surface area contributed by atoms with E-state index < -0.39 is 0 Å². The molecule has 120 valence electrons. The Morgan fingerprint density at radius 1 is 1.08 bits per heavy atom. The molecule has 0 bridgehead atoms. The van der Waals surface area contributed by atoms with Crippen LogP contribution in [0.3, 0.4) is 0 Å². The van der Waals surface area contributed by atoms with E-state index in [1.54, 1.807) is 23.0 Å². The lowest BCUT2D eigenvalue weighted by Gasteiger charge is -2.06. The fraction of sp³-hybridized carbons (Fsp3) is 0.158. The van der Waals surface area contributed by atoms with Gasteiger partial charge in [-0.3, -0.25) is 9.36 Å². The molecule has 0 unspecified atom stereocenters. The van der Waals surface area contributed by atoms with Crippen molar-refractivity contribution in [3.8, 4) is 0 Å². The number of halogens is 1. The number of nitrogens with zero attached hydrogens (tertiary/aromatic N) is 3. The van der Waals surface area contributed by atoms with Crippen LogP contribution in [-0.2, 0) is 20.0 Å². The molecule has 0 aliphatic rings. The zero-order valence-corrected chi connectivity index (χ0v) is 13.2. The fourth-order valence-electron chi connectivity index (χ4n) is 3.12. The van der Waals surface area contributed by atoms with Gasteiger partial charge in [0.25, 0.3) is 5.56 Å². The van der Waals surface area contributed by atoms with Crippen LogP contribution >= 0.6 is 0 Å². The minimum Gasteiger partial charge on any atom is -0.338 e. The van der Waals surface area contributed by atoms with Crippen LogP contribution in [0.5, 0.6) is 0 Å². The number of aryl methyl sites for hydroxylation is 3. The van der Waals surface area contributed by atoms with Gasteiger partial charge in [0, 0.05) is 19.0 Å². The molecule has 24 heavy (non-hydrogen) atoms. The summed E-state index contributed by atoms with van der Waals surface area (Å²) in [5, 5.41) is 0.984. The van der Waals surface area contributed by atoms with Crippen molar-refractivity contribution in [2.45, 2.75) is 13.0 Å². The normalized spacial score (nSPS) is 11.4. The third kappa shape index (κ3) is 2.29. The van der Waals surface area contributed by atoms with Crippen LogP contribution in [-0.4, -0.2) is 14.1 Å². The Hall–Kier alpha value is -2.95. The van der Waals surface area contributed by atoms with Gasteiger partial charge in [0.15, 0.2) is 0 Å². The highest BCUT2D eigenvalue weighted by atomic mass is 19.1. The first-order valence-corrected chi connectivity index (χ1v) is 7.82. The predicted molar refractivity (Wildman–Crippen MR) is 92.6 cm³/mol. The van der Waals surface area contributed by atoms with Crippen LogP contribution in [0.4, 0.5) is 4.39 Å². The molecular formula is C19H16FN3O. The summed E-state index contributed by atoms with van der Waals surface area (Å²) < 4.78 is 16.5. The predicted octanol–water partition coefficient (Wildman–Crippen LogP) is 3.27. The van der Waals surface area contributed by atoms with E-state index in [4.69, 9.17) is 0 Å². The van der Waals surface area contributed by atoms with Crippen molar-refractivity contribution in [2.24, 2.45) is 7.05 Å². The van der Waals surface area contributed by atoms with Gasteiger partial charge in [0.2, 0.25) is 0 Å². The number of para-hydroxylation sites is 1. The first-order valence-electron chi connectivity index (χ1n) is 7.82. The molecule has 2 aromatic carbocycles. The minimum atomic E-state index is -0.255. The Labute approximate surface area is 137 Å². The number of aromatic nitrogens is 3. The molecule has 2 aromatic heterocycles. The topological polar surface area (TPSA) is 39.8 Å². The lowest BCUT2D eigenvalue weighted by Crippen LogP contribution is -2.22. The average molecular weight is 321 g/mol. The summed E-state index contributed by atoms with van der Waals surface area (Å²) in [7, 11) is 1.89. The third-order valence-corrected chi connectivity index (χ3v) is 4.42. The third-order valence-electron chi connectivity index (χ3n) is 4.42. The summed E-state index contributed by atoms with van der Waals surface area (Å²) in [6, 6.07) is 14.2. The zero-order valence-electron chi connectivity index (χ0n) is 13.2. The van der Waals surface area contributed by atoms with E-state index >= 15 is 0 Å². The molecule has 4 rings (SSSR count). The first kappa shape index (κ1) is 14.6. The molecule has 0 aliphatic carbocycles. The fourth-order valence-corrected chi connectivity index (χ4v) is 3.12. The summed E-state index contributed by atoms with van der Waals surface area (Å²) in [6.07, 6.45) is 2.25. The van der Waals surface area contributed by atoms with Gasteiger partial charge in [0.1, 0.15) is 16.9 Å². The van der Waals surface area contributed by atoms with E-state index in [1.807, 2.05) is 35.9 Å². The highest BCUT2D eigenvalue weighted by molar-refractivity contribution is 6.05. The van der Waals surface area contributed by atoms with Crippen molar-refractivity contribution in [1.29, 1.82) is 0 Å².